The Morgan fingerprint density at radius 1 is 1.42 bits per heavy atom. The van der Waals surface area contributed by atoms with E-state index in [4.69, 9.17) is 9.72 Å². The Bertz CT molecular complexity index is 852. The standard InChI is InChI=1S/C19H22N2O3S2/c1-12-11-15-16(25-12)17(22)21(10-9-14-7-5-4-6-8-14)19(20-15)26-13(2)18(23)24-3/h4-8,12-13H,9-11H2,1-3H3/t12-,13+/m1/s1. The summed E-state index contributed by atoms with van der Waals surface area (Å²) in [6.45, 7) is 4.41. The zero-order valence-corrected chi connectivity index (χ0v) is 16.7. The molecule has 0 bridgehead atoms. The fraction of sp³-hybridized carbons (Fsp3) is 0.421. The third-order valence-electron chi connectivity index (χ3n) is 4.25. The Morgan fingerprint density at radius 3 is 2.85 bits per heavy atom. The summed E-state index contributed by atoms with van der Waals surface area (Å²) >= 11 is 2.88. The van der Waals surface area contributed by atoms with E-state index in [9.17, 15) is 9.59 Å². The van der Waals surface area contributed by atoms with Crippen molar-refractivity contribution >= 4 is 29.5 Å². The van der Waals surface area contributed by atoms with Crippen molar-refractivity contribution in [3.05, 3.63) is 51.9 Å². The van der Waals surface area contributed by atoms with Crippen LogP contribution in [0.3, 0.4) is 0 Å². The summed E-state index contributed by atoms with van der Waals surface area (Å²) in [6.07, 6.45) is 1.52. The van der Waals surface area contributed by atoms with Gasteiger partial charge >= 0.3 is 5.97 Å². The van der Waals surface area contributed by atoms with Gasteiger partial charge in [-0.3, -0.25) is 14.2 Å². The summed E-state index contributed by atoms with van der Waals surface area (Å²) in [4.78, 5) is 30.3. The lowest BCUT2D eigenvalue weighted by molar-refractivity contribution is -0.139. The molecular formula is C19H22N2O3S2. The summed E-state index contributed by atoms with van der Waals surface area (Å²) in [5.41, 5.74) is 2.01. The number of aromatic nitrogens is 2. The van der Waals surface area contributed by atoms with E-state index in [1.165, 1.54) is 18.9 Å². The van der Waals surface area contributed by atoms with Crippen LogP contribution >= 0.6 is 23.5 Å². The molecule has 0 aliphatic carbocycles. The number of methoxy groups -OCH3 is 1. The second-order valence-electron chi connectivity index (χ2n) is 6.28. The van der Waals surface area contributed by atoms with E-state index in [0.717, 1.165) is 29.0 Å². The quantitative estimate of drug-likeness (QED) is 0.429. The maximum Gasteiger partial charge on any atom is 0.318 e. The predicted octanol–water partition coefficient (Wildman–Crippen LogP) is 3.18. The molecule has 0 spiro atoms. The van der Waals surface area contributed by atoms with Crippen LogP contribution in [0.1, 0.15) is 25.1 Å². The minimum atomic E-state index is -0.417. The van der Waals surface area contributed by atoms with Gasteiger partial charge in [-0.25, -0.2) is 4.98 Å². The van der Waals surface area contributed by atoms with Crippen LogP contribution in [-0.4, -0.2) is 33.1 Å². The first-order valence-corrected chi connectivity index (χ1v) is 10.3. The Morgan fingerprint density at radius 2 is 2.15 bits per heavy atom. The molecule has 26 heavy (non-hydrogen) atoms. The van der Waals surface area contributed by atoms with Gasteiger partial charge in [0.25, 0.3) is 5.56 Å². The summed E-state index contributed by atoms with van der Waals surface area (Å²) in [5.74, 6) is -0.318. The fourth-order valence-electron chi connectivity index (χ4n) is 2.88. The number of hydrogen-bond acceptors (Lipinski definition) is 6. The number of rotatable bonds is 6. The molecule has 0 radical (unpaired) electrons. The third kappa shape index (κ3) is 4.15. The summed E-state index contributed by atoms with van der Waals surface area (Å²) in [7, 11) is 1.37. The number of nitrogens with zero attached hydrogens (tertiary/aromatic N) is 2. The SMILES string of the molecule is COC(=O)[C@H](C)Sc1nc2c(c(=O)n1CCc1ccccc1)S[C@H](C)C2. The van der Waals surface area contributed by atoms with E-state index in [2.05, 4.69) is 6.92 Å². The van der Waals surface area contributed by atoms with Crippen LogP contribution in [0.2, 0.25) is 0 Å². The highest BCUT2D eigenvalue weighted by atomic mass is 32.2. The van der Waals surface area contributed by atoms with Crippen LogP contribution in [0.15, 0.2) is 45.2 Å². The van der Waals surface area contributed by atoms with Crippen molar-refractivity contribution in [1.29, 1.82) is 0 Å². The topological polar surface area (TPSA) is 61.2 Å². The van der Waals surface area contributed by atoms with Crippen molar-refractivity contribution in [3.8, 4) is 0 Å². The zero-order chi connectivity index (χ0) is 18.7. The lowest BCUT2D eigenvalue weighted by Crippen LogP contribution is -2.27. The van der Waals surface area contributed by atoms with Gasteiger partial charge in [0.05, 0.1) is 17.7 Å². The van der Waals surface area contributed by atoms with Gasteiger partial charge in [-0.1, -0.05) is 49.0 Å². The van der Waals surface area contributed by atoms with E-state index >= 15 is 0 Å². The average Bonchev–Trinajstić information content (AvgIpc) is 3.02. The van der Waals surface area contributed by atoms with E-state index in [0.29, 0.717) is 17.0 Å². The number of carbonyl (C=O) groups is 1. The van der Waals surface area contributed by atoms with Gasteiger partial charge in [-0.2, -0.15) is 0 Å². The molecule has 0 amide bonds. The van der Waals surface area contributed by atoms with E-state index in [-0.39, 0.29) is 11.5 Å². The first kappa shape index (κ1) is 19.0. The van der Waals surface area contributed by atoms with Crippen molar-refractivity contribution in [1.82, 2.24) is 9.55 Å². The number of esters is 1. The molecule has 5 nitrogen and oxygen atoms in total. The minimum absolute atomic E-state index is 0.000142. The first-order chi connectivity index (χ1) is 12.5. The Kier molecular flexibility index (Phi) is 6.09. The van der Waals surface area contributed by atoms with Gasteiger partial charge in [-0.15, -0.1) is 11.8 Å². The van der Waals surface area contributed by atoms with Gasteiger partial charge in [0, 0.05) is 18.2 Å². The molecule has 138 valence electrons. The fourth-order valence-corrected chi connectivity index (χ4v) is 4.97. The highest BCUT2D eigenvalue weighted by molar-refractivity contribution is 8.00. The maximum absolute atomic E-state index is 13.0. The highest BCUT2D eigenvalue weighted by Gasteiger charge is 2.27. The zero-order valence-electron chi connectivity index (χ0n) is 15.1. The molecule has 0 fully saturated rings. The first-order valence-electron chi connectivity index (χ1n) is 8.58. The van der Waals surface area contributed by atoms with Crippen LogP contribution in [0.5, 0.6) is 0 Å². The molecule has 1 aliphatic heterocycles. The molecule has 0 saturated carbocycles. The van der Waals surface area contributed by atoms with Crippen molar-refractivity contribution in [2.45, 2.75) is 53.8 Å². The number of carbonyl (C=O) groups excluding carboxylic acids is 1. The van der Waals surface area contributed by atoms with E-state index < -0.39 is 5.25 Å². The number of aryl methyl sites for hydroxylation is 1. The minimum Gasteiger partial charge on any atom is -0.468 e. The van der Waals surface area contributed by atoms with E-state index in [1.807, 2.05) is 30.3 Å². The molecule has 1 aliphatic rings. The van der Waals surface area contributed by atoms with Crippen LogP contribution in [0.4, 0.5) is 0 Å². The second-order valence-corrected chi connectivity index (χ2v) is 9.04. The van der Waals surface area contributed by atoms with E-state index in [1.54, 1.807) is 23.3 Å². The molecule has 1 aromatic carbocycles. The van der Waals surface area contributed by atoms with Crippen LogP contribution in [0, 0.1) is 0 Å². The molecule has 2 atom stereocenters. The van der Waals surface area contributed by atoms with Crippen molar-refractivity contribution < 1.29 is 9.53 Å². The lowest BCUT2D eigenvalue weighted by Gasteiger charge is -2.15. The molecule has 1 aromatic heterocycles. The number of ether oxygens (including phenoxy) is 1. The van der Waals surface area contributed by atoms with Crippen LogP contribution in [0.25, 0.3) is 0 Å². The number of thioether (sulfide) groups is 2. The van der Waals surface area contributed by atoms with Crippen molar-refractivity contribution in [2.24, 2.45) is 0 Å². The smallest absolute Gasteiger partial charge is 0.318 e. The van der Waals surface area contributed by atoms with Gasteiger partial charge in [0.15, 0.2) is 5.16 Å². The van der Waals surface area contributed by atoms with Crippen LogP contribution < -0.4 is 5.56 Å². The van der Waals surface area contributed by atoms with Crippen LogP contribution in [-0.2, 0) is 28.9 Å². The molecular weight excluding hydrogens is 368 g/mol. The number of fused-ring (bicyclic) bond motifs is 1. The van der Waals surface area contributed by atoms with Crippen molar-refractivity contribution in [3.63, 3.8) is 0 Å². The van der Waals surface area contributed by atoms with Gasteiger partial charge in [0.1, 0.15) is 5.25 Å². The largest absolute Gasteiger partial charge is 0.468 e. The average molecular weight is 391 g/mol. The molecule has 3 rings (SSSR count). The van der Waals surface area contributed by atoms with Gasteiger partial charge < -0.3 is 4.74 Å². The molecule has 0 N–H and O–H groups in total. The normalized spacial score (nSPS) is 17.0. The van der Waals surface area contributed by atoms with Crippen molar-refractivity contribution in [2.75, 3.05) is 7.11 Å². The molecule has 0 saturated heterocycles. The lowest BCUT2D eigenvalue weighted by atomic mass is 10.1. The third-order valence-corrected chi connectivity index (χ3v) is 6.53. The molecule has 2 aromatic rings. The number of benzene rings is 1. The Labute approximate surface area is 161 Å². The summed E-state index contributed by atoms with van der Waals surface area (Å²) < 4.78 is 6.52. The predicted molar refractivity (Wildman–Crippen MR) is 105 cm³/mol. The monoisotopic (exact) mass is 390 g/mol. The molecule has 7 heteroatoms. The summed E-state index contributed by atoms with van der Waals surface area (Å²) in [6, 6.07) is 10.1. The highest BCUT2D eigenvalue weighted by Crippen LogP contribution is 2.34. The Hall–Kier alpha value is -1.73. The Balaban J connectivity index is 1.93. The summed E-state index contributed by atoms with van der Waals surface area (Å²) in [5, 5.41) is 0.530. The number of hydrogen-bond donors (Lipinski definition) is 0. The maximum atomic E-state index is 13.0. The molecule has 2 heterocycles. The second kappa shape index (κ2) is 8.31. The van der Waals surface area contributed by atoms with Gasteiger partial charge in [0.2, 0.25) is 0 Å². The molecule has 0 unspecified atom stereocenters. The van der Waals surface area contributed by atoms with Gasteiger partial charge in [-0.05, 0) is 18.9 Å².